The van der Waals surface area contributed by atoms with Gasteiger partial charge in [0.2, 0.25) is 0 Å². The van der Waals surface area contributed by atoms with Crippen molar-refractivity contribution in [2.45, 2.75) is 12.1 Å². The predicted molar refractivity (Wildman–Crippen MR) is 74.3 cm³/mol. The number of likely N-dealkylation sites (tertiary alicyclic amines) is 1. The molecule has 0 spiro atoms. The Morgan fingerprint density at radius 2 is 1.42 bits per heavy atom. The average Bonchev–Trinajstić information content (AvgIpc) is 2.42. The minimum atomic E-state index is 0.279. The summed E-state index contributed by atoms with van der Waals surface area (Å²) in [5, 5.41) is 0. The van der Waals surface area contributed by atoms with Gasteiger partial charge in [0, 0.05) is 30.3 Å². The van der Waals surface area contributed by atoms with Crippen LogP contribution in [-0.4, -0.2) is 24.0 Å². The largest absolute Gasteiger partial charge is 0.457 e. The Morgan fingerprint density at radius 3 is 1.95 bits per heavy atom. The fourth-order valence-corrected chi connectivity index (χ4v) is 3.04. The average molecular weight is 252 g/mol. The molecule has 2 aromatic rings. The summed E-state index contributed by atoms with van der Waals surface area (Å²) < 4.78 is 6.00. The van der Waals surface area contributed by atoms with Crippen molar-refractivity contribution in [2.24, 2.45) is 5.73 Å². The first-order valence-corrected chi connectivity index (χ1v) is 6.68. The summed E-state index contributed by atoms with van der Waals surface area (Å²) in [6.07, 6.45) is 0. The quantitative estimate of drug-likeness (QED) is 0.847. The van der Waals surface area contributed by atoms with Gasteiger partial charge in [-0.15, -0.1) is 0 Å². The predicted octanol–water partition coefficient (Wildman–Crippen LogP) is 2.52. The Kier molecular flexibility index (Phi) is 2.37. The minimum Gasteiger partial charge on any atom is -0.457 e. The van der Waals surface area contributed by atoms with Crippen molar-refractivity contribution in [3.63, 3.8) is 0 Å². The SMILES string of the molecule is NC1CN(C2c3ccccc3Oc3ccccc32)C1. The molecule has 0 unspecified atom stereocenters. The number of ether oxygens (including phenoxy) is 1. The van der Waals surface area contributed by atoms with Crippen molar-refractivity contribution < 1.29 is 4.74 Å². The highest BCUT2D eigenvalue weighted by Crippen LogP contribution is 2.46. The molecule has 19 heavy (non-hydrogen) atoms. The van der Waals surface area contributed by atoms with Crippen LogP contribution in [0.4, 0.5) is 0 Å². The van der Waals surface area contributed by atoms with Gasteiger partial charge in [-0.3, -0.25) is 4.90 Å². The van der Waals surface area contributed by atoms with Gasteiger partial charge in [0.1, 0.15) is 11.5 Å². The van der Waals surface area contributed by atoms with Gasteiger partial charge in [0.25, 0.3) is 0 Å². The maximum atomic E-state index is 6.00. The molecule has 2 aliphatic heterocycles. The summed E-state index contributed by atoms with van der Waals surface area (Å²) in [5.41, 5.74) is 8.43. The van der Waals surface area contributed by atoms with Gasteiger partial charge in [-0.2, -0.15) is 0 Å². The van der Waals surface area contributed by atoms with E-state index < -0.39 is 0 Å². The van der Waals surface area contributed by atoms with Gasteiger partial charge in [0.05, 0.1) is 6.04 Å². The Bertz CT molecular complexity index is 574. The van der Waals surface area contributed by atoms with Crippen LogP contribution in [0.2, 0.25) is 0 Å². The normalized spacial score (nSPS) is 19.2. The molecule has 2 N–H and O–H groups in total. The number of hydrogen-bond acceptors (Lipinski definition) is 3. The molecular weight excluding hydrogens is 236 g/mol. The van der Waals surface area contributed by atoms with Crippen LogP contribution in [-0.2, 0) is 0 Å². The number of benzene rings is 2. The monoisotopic (exact) mass is 252 g/mol. The first kappa shape index (κ1) is 11.0. The van der Waals surface area contributed by atoms with Crippen LogP contribution < -0.4 is 10.5 Å². The lowest BCUT2D eigenvalue weighted by Crippen LogP contribution is -2.57. The van der Waals surface area contributed by atoms with Gasteiger partial charge >= 0.3 is 0 Å². The number of hydrogen-bond donors (Lipinski definition) is 1. The van der Waals surface area contributed by atoms with Crippen molar-refractivity contribution in [3.05, 3.63) is 59.7 Å². The summed E-state index contributed by atoms with van der Waals surface area (Å²) in [5.74, 6) is 1.93. The Hall–Kier alpha value is -1.84. The van der Waals surface area contributed by atoms with Gasteiger partial charge in [-0.1, -0.05) is 36.4 Å². The van der Waals surface area contributed by atoms with Crippen molar-refractivity contribution in [1.29, 1.82) is 0 Å². The lowest BCUT2D eigenvalue weighted by atomic mass is 9.90. The lowest BCUT2D eigenvalue weighted by Gasteiger charge is -2.45. The van der Waals surface area contributed by atoms with E-state index >= 15 is 0 Å². The number of nitrogens with zero attached hydrogens (tertiary/aromatic N) is 1. The van der Waals surface area contributed by atoms with E-state index in [1.165, 1.54) is 11.1 Å². The topological polar surface area (TPSA) is 38.5 Å². The fraction of sp³-hybridized carbons (Fsp3) is 0.250. The second kappa shape index (κ2) is 4.08. The molecule has 3 heteroatoms. The summed E-state index contributed by atoms with van der Waals surface area (Å²) >= 11 is 0. The van der Waals surface area contributed by atoms with Gasteiger partial charge in [-0.05, 0) is 12.1 Å². The van der Waals surface area contributed by atoms with Crippen molar-refractivity contribution in [1.82, 2.24) is 4.90 Å². The van der Waals surface area contributed by atoms with Crippen LogP contribution in [0.3, 0.4) is 0 Å². The Balaban J connectivity index is 1.84. The Morgan fingerprint density at radius 1 is 0.895 bits per heavy atom. The highest BCUT2D eigenvalue weighted by molar-refractivity contribution is 5.53. The van der Waals surface area contributed by atoms with E-state index in [-0.39, 0.29) is 6.04 Å². The van der Waals surface area contributed by atoms with E-state index in [1.807, 2.05) is 24.3 Å². The Labute approximate surface area is 112 Å². The van der Waals surface area contributed by atoms with E-state index in [9.17, 15) is 0 Å². The summed E-state index contributed by atoms with van der Waals surface area (Å²) in [7, 11) is 0. The smallest absolute Gasteiger partial charge is 0.132 e. The highest BCUT2D eigenvalue weighted by atomic mass is 16.5. The maximum Gasteiger partial charge on any atom is 0.132 e. The van der Waals surface area contributed by atoms with Gasteiger partial charge < -0.3 is 10.5 Å². The first-order valence-electron chi connectivity index (χ1n) is 6.68. The lowest BCUT2D eigenvalue weighted by molar-refractivity contribution is 0.108. The molecule has 1 saturated heterocycles. The molecule has 1 fully saturated rings. The van der Waals surface area contributed by atoms with Crippen LogP contribution in [0.15, 0.2) is 48.5 Å². The molecular formula is C16H16N2O. The standard InChI is InChI=1S/C16H16N2O/c17-11-9-18(10-11)16-12-5-1-3-7-14(12)19-15-8-4-2-6-13(15)16/h1-8,11,16H,9-10,17H2. The summed E-state index contributed by atoms with van der Waals surface area (Å²) in [4.78, 5) is 2.42. The molecule has 0 radical (unpaired) electrons. The number of para-hydroxylation sites is 2. The fourth-order valence-electron chi connectivity index (χ4n) is 3.04. The van der Waals surface area contributed by atoms with E-state index in [2.05, 4.69) is 29.2 Å². The maximum absolute atomic E-state index is 6.00. The van der Waals surface area contributed by atoms with Gasteiger partial charge in [-0.25, -0.2) is 0 Å². The van der Waals surface area contributed by atoms with Crippen LogP contribution >= 0.6 is 0 Å². The van der Waals surface area contributed by atoms with E-state index in [0.717, 1.165) is 24.6 Å². The highest BCUT2D eigenvalue weighted by Gasteiger charge is 2.36. The molecule has 2 aromatic carbocycles. The third kappa shape index (κ3) is 1.66. The van der Waals surface area contributed by atoms with E-state index in [1.54, 1.807) is 0 Å². The van der Waals surface area contributed by atoms with E-state index in [0.29, 0.717) is 6.04 Å². The third-order valence-electron chi connectivity index (χ3n) is 3.95. The van der Waals surface area contributed by atoms with Crippen LogP contribution in [0.25, 0.3) is 0 Å². The molecule has 0 aromatic heterocycles. The molecule has 0 bridgehead atoms. The minimum absolute atomic E-state index is 0.279. The van der Waals surface area contributed by atoms with Crippen molar-refractivity contribution in [3.8, 4) is 11.5 Å². The molecule has 0 aliphatic carbocycles. The molecule has 2 aliphatic rings. The van der Waals surface area contributed by atoms with Gasteiger partial charge in [0.15, 0.2) is 0 Å². The zero-order chi connectivity index (χ0) is 12.8. The first-order chi connectivity index (χ1) is 9.33. The summed E-state index contributed by atoms with van der Waals surface area (Å²) in [6, 6.07) is 17.2. The number of fused-ring (bicyclic) bond motifs is 2. The molecule has 96 valence electrons. The van der Waals surface area contributed by atoms with Crippen molar-refractivity contribution in [2.75, 3.05) is 13.1 Å². The molecule has 3 nitrogen and oxygen atoms in total. The molecule has 0 atom stereocenters. The number of nitrogens with two attached hydrogens (primary N) is 1. The summed E-state index contributed by atoms with van der Waals surface area (Å²) in [6.45, 7) is 1.90. The molecule has 4 rings (SSSR count). The number of rotatable bonds is 1. The van der Waals surface area contributed by atoms with Crippen LogP contribution in [0.5, 0.6) is 11.5 Å². The molecule has 0 amide bonds. The zero-order valence-corrected chi connectivity index (χ0v) is 10.6. The third-order valence-corrected chi connectivity index (χ3v) is 3.95. The van der Waals surface area contributed by atoms with E-state index in [4.69, 9.17) is 10.5 Å². The van der Waals surface area contributed by atoms with Crippen molar-refractivity contribution >= 4 is 0 Å². The zero-order valence-electron chi connectivity index (χ0n) is 10.6. The molecule has 0 saturated carbocycles. The molecule has 2 heterocycles. The second-order valence-electron chi connectivity index (χ2n) is 5.29. The second-order valence-corrected chi connectivity index (χ2v) is 5.29. The van der Waals surface area contributed by atoms with Crippen LogP contribution in [0, 0.1) is 0 Å². The van der Waals surface area contributed by atoms with Crippen LogP contribution in [0.1, 0.15) is 17.2 Å².